The fourth-order valence-corrected chi connectivity index (χ4v) is 5.07. The summed E-state index contributed by atoms with van der Waals surface area (Å²) in [5, 5.41) is 5.08. The molecule has 7 nitrogen and oxygen atoms in total. The SMILES string of the molecule is CC(NC(=O)c1csc(-c2ccc(C(C)C)cc2)n1)C(=O)N1CCS(=O)(=O)CC1. The number of aromatic nitrogens is 1. The fourth-order valence-electron chi connectivity index (χ4n) is 3.06. The Morgan fingerprint density at radius 1 is 1.10 bits per heavy atom. The van der Waals surface area contributed by atoms with Crippen molar-refractivity contribution in [2.24, 2.45) is 0 Å². The first-order valence-electron chi connectivity index (χ1n) is 9.52. The Balaban J connectivity index is 1.61. The zero-order valence-electron chi connectivity index (χ0n) is 16.7. The number of hydrogen-bond acceptors (Lipinski definition) is 6. The number of nitrogens with one attached hydrogen (secondary N) is 1. The van der Waals surface area contributed by atoms with Crippen molar-refractivity contribution in [3.05, 3.63) is 40.9 Å². The minimum Gasteiger partial charge on any atom is -0.339 e. The van der Waals surface area contributed by atoms with E-state index in [4.69, 9.17) is 0 Å². The third-order valence-corrected chi connectivity index (χ3v) is 7.44. The first kappa shape index (κ1) is 21.4. The van der Waals surface area contributed by atoms with Crippen LogP contribution in [0.15, 0.2) is 29.6 Å². The average Bonchev–Trinajstić information content (AvgIpc) is 3.18. The van der Waals surface area contributed by atoms with Gasteiger partial charge < -0.3 is 10.2 Å². The van der Waals surface area contributed by atoms with Gasteiger partial charge in [-0.1, -0.05) is 38.1 Å². The molecule has 0 spiro atoms. The van der Waals surface area contributed by atoms with Gasteiger partial charge in [-0.15, -0.1) is 11.3 Å². The number of nitrogens with zero attached hydrogens (tertiary/aromatic N) is 2. The molecule has 1 unspecified atom stereocenters. The maximum atomic E-state index is 12.5. The van der Waals surface area contributed by atoms with Gasteiger partial charge in [-0.25, -0.2) is 13.4 Å². The van der Waals surface area contributed by atoms with Gasteiger partial charge in [-0.2, -0.15) is 0 Å². The van der Waals surface area contributed by atoms with Gasteiger partial charge in [0, 0.05) is 24.0 Å². The largest absolute Gasteiger partial charge is 0.339 e. The van der Waals surface area contributed by atoms with Crippen molar-refractivity contribution in [1.29, 1.82) is 0 Å². The molecule has 0 saturated carbocycles. The number of hydrogen-bond donors (Lipinski definition) is 1. The molecule has 3 rings (SSSR count). The predicted octanol–water partition coefficient (Wildman–Crippen LogP) is 2.31. The molecule has 2 amide bonds. The van der Waals surface area contributed by atoms with Crippen molar-refractivity contribution >= 4 is 33.0 Å². The van der Waals surface area contributed by atoms with E-state index in [1.54, 1.807) is 12.3 Å². The Kier molecular flexibility index (Phi) is 6.38. The van der Waals surface area contributed by atoms with Crippen LogP contribution in [0.2, 0.25) is 0 Å². The predicted molar refractivity (Wildman–Crippen MR) is 114 cm³/mol. The van der Waals surface area contributed by atoms with E-state index < -0.39 is 21.8 Å². The lowest BCUT2D eigenvalue weighted by molar-refractivity contribution is -0.132. The molecule has 0 bridgehead atoms. The van der Waals surface area contributed by atoms with E-state index in [2.05, 4.69) is 36.3 Å². The van der Waals surface area contributed by atoms with Gasteiger partial charge in [0.2, 0.25) is 5.91 Å². The number of carbonyl (C=O) groups is 2. The zero-order valence-corrected chi connectivity index (χ0v) is 18.3. The average molecular weight is 436 g/mol. The van der Waals surface area contributed by atoms with Crippen LogP contribution in [0.5, 0.6) is 0 Å². The fraction of sp³-hybridized carbons (Fsp3) is 0.450. The summed E-state index contributed by atoms with van der Waals surface area (Å²) in [7, 11) is -3.06. The highest BCUT2D eigenvalue weighted by Gasteiger charge is 2.29. The van der Waals surface area contributed by atoms with Crippen LogP contribution in [0.1, 0.15) is 42.7 Å². The maximum Gasteiger partial charge on any atom is 0.271 e. The summed E-state index contributed by atoms with van der Waals surface area (Å²) in [5.74, 6) is -0.333. The van der Waals surface area contributed by atoms with E-state index in [0.717, 1.165) is 10.6 Å². The molecule has 2 heterocycles. The summed E-state index contributed by atoms with van der Waals surface area (Å²) in [5.41, 5.74) is 2.44. The van der Waals surface area contributed by atoms with Crippen molar-refractivity contribution in [2.45, 2.75) is 32.7 Å². The Bertz CT molecular complexity index is 983. The number of benzene rings is 1. The van der Waals surface area contributed by atoms with Gasteiger partial charge in [0.25, 0.3) is 5.91 Å². The van der Waals surface area contributed by atoms with Crippen molar-refractivity contribution in [3.63, 3.8) is 0 Å². The van der Waals surface area contributed by atoms with E-state index in [1.165, 1.54) is 21.8 Å². The Labute approximate surface area is 175 Å². The molecule has 1 atom stereocenters. The molecule has 1 fully saturated rings. The standard InChI is InChI=1S/C20H25N3O4S2/c1-13(2)15-4-6-16(7-5-15)19-22-17(12-28-19)18(24)21-14(3)20(25)23-8-10-29(26,27)11-9-23/h4-7,12-14H,8-11H2,1-3H3,(H,21,24). The molecule has 1 aromatic heterocycles. The molecule has 1 aromatic carbocycles. The van der Waals surface area contributed by atoms with Gasteiger partial charge in [-0.05, 0) is 18.4 Å². The smallest absolute Gasteiger partial charge is 0.271 e. The van der Waals surface area contributed by atoms with E-state index in [0.29, 0.717) is 5.92 Å². The van der Waals surface area contributed by atoms with Crippen LogP contribution in [0.4, 0.5) is 0 Å². The van der Waals surface area contributed by atoms with Crippen molar-refractivity contribution in [3.8, 4) is 10.6 Å². The van der Waals surface area contributed by atoms with Crippen molar-refractivity contribution in [1.82, 2.24) is 15.2 Å². The van der Waals surface area contributed by atoms with Crippen LogP contribution in [-0.2, 0) is 14.6 Å². The summed E-state index contributed by atoms with van der Waals surface area (Å²) >= 11 is 1.37. The highest BCUT2D eigenvalue weighted by Crippen LogP contribution is 2.25. The Hall–Kier alpha value is -2.26. The van der Waals surface area contributed by atoms with Gasteiger partial charge >= 0.3 is 0 Å². The first-order chi connectivity index (χ1) is 13.7. The summed E-state index contributed by atoms with van der Waals surface area (Å²) in [6.07, 6.45) is 0. The lowest BCUT2D eigenvalue weighted by atomic mass is 10.0. The normalized spacial score (nSPS) is 17.2. The second kappa shape index (κ2) is 8.62. The van der Waals surface area contributed by atoms with E-state index >= 15 is 0 Å². The van der Waals surface area contributed by atoms with Crippen molar-refractivity contribution in [2.75, 3.05) is 24.6 Å². The van der Waals surface area contributed by atoms with Gasteiger partial charge in [-0.3, -0.25) is 9.59 Å². The van der Waals surface area contributed by atoms with Crippen molar-refractivity contribution < 1.29 is 18.0 Å². The van der Waals surface area contributed by atoms with Crippen LogP contribution in [0.25, 0.3) is 10.6 Å². The molecule has 29 heavy (non-hydrogen) atoms. The van der Waals surface area contributed by atoms with Crippen LogP contribution < -0.4 is 5.32 Å². The van der Waals surface area contributed by atoms with Gasteiger partial charge in [0.05, 0.1) is 11.5 Å². The van der Waals surface area contributed by atoms with Crippen LogP contribution in [-0.4, -0.2) is 60.8 Å². The lowest BCUT2D eigenvalue weighted by Crippen LogP contribution is -2.51. The number of thiazole rings is 1. The zero-order chi connectivity index (χ0) is 21.2. The molecule has 1 aliphatic rings. The summed E-state index contributed by atoms with van der Waals surface area (Å²) < 4.78 is 23.0. The van der Waals surface area contributed by atoms with Crippen LogP contribution in [0.3, 0.4) is 0 Å². The number of amides is 2. The third kappa shape index (κ3) is 5.22. The number of sulfone groups is 1. The Morgan fingerprint density at radius 2 is 1.72 bits per heavy atom. The van der Waals surface area contributed by atoms with Crippen LogP contribution in [0, 0.1) is 0 Å². The molecule has 2 aromatic rings. The summed E-state index contributed by atoms with van der Waals surface area (Å²) in [4.78, 5) is 30.9. The molecule has 1 saturated heterocycles. The lowest BCUT2D eigenvalue weighted by Gasteiger charge is -2.29. The highest BCUT2D eigenvalue weighted by atomic mass is 32.2. The molecule has 1 aliphatic heterocycles. The van der Waals surface area contributed by atoms with E-state index in [-0.39, 0.29) is 36.2 Å². The van der Waals surface area contributed by atoms with E-state index in [1.807, 2.05) is 12.1 Å². The minimum absolute atomic E-state index is 0.0373. The molecule has 1 N–H and O–H groups in total. The van der Waals surface area contributed by atoms with Gasteiger partial charge in [0.15, 0.2) is 9.84 Å². The van der Waals surface area contributed by atoms with E-state index in [9.17, 15) is 18.0 Å². The number of rotatable bonds is 5. The second-order valence-corrected chi connectivity index (χ2v) is 10.6. The minimum atomic E-state index is -3.06. The second-order valence-electron chi connectivity index (χ2n) is 7.49. The summed E-state index contributed by atoms with van der Waals surface area (Å²) in [6.45, 7) is 6.18. The topological polar surface area (TPSA) is 96.4 Å². The Morgan fingerprint density at radius 3 is 2.31 bits per heavy atom. The molecule has 9 heteroatoms. The monoisotopic (exact) mass is 435 g/mol. The molecular formula is C20H25N3O4S2. The molecular weight excluding hydrogens is 410 g/mol. The molecule has 0 aliphatic carbocycles. The highest BCUT2D eigenvalue weighted by molar-refractivity contribution is 7.91. The number of carbonyl (C=O) groups excluding carboxylic acids is 2. The summed E-state index contributed by atoms with van der Waals surface area (Å²) in [6, 6.07) is 7.35. The molecule has 156 valence electrons. The van der Waals surface area contributed by atoms with Crippen LogP contribution >= 0.6 is 11.3 Å². The first-order valence-corrected chi connectivity index (χ1v) is 12.2. The van der Waals surface area contributed by atoms with Gasteiger partial charge in [0.1, 0.15) is 16.7 Å². The molecule has 0 radical (unpaired) electrons. The maximum absolute atomic E-state index is 12.5. The quantitative estimate of drug-likeness (QED) is 0.777. The third-order valence-electron chi connectivity index (χ3n) is 4.94.